The third kappa shape index (κ3) is 3.88. The minimum absolute atomic E-state index is 0.191. The maximum absolute atomic E-state index is 9.27. The highest BCUT2D eigenvalue weighted by Crippen LogP contribution is 2.24. The maximum Gasteiger partial charge on any atom is 0.0449 e. The second-order valence-electron chi connectivity index (χ2n) is 4.72. The number of aromatic nitrogens is 1. The molecule has 0 fully saturated rings. The van der Waals surface area contributed by atoms with Crippen LogP contribution in [0.4, 0.5) is 0 Å². The van der Waals surface area contributed by atoms with Crippen LogP contribution in [-0.4, -0.2) is 28.6 Å². The van der Waals surface area contributed by atoms with Crippen molar-refractivity contribution in [2.24, 2.45) is 0 Å². The van der Waals surface area contributed by atoms with E-state index in [0.717, 1.165) is 13.0 Å². The van der Waals surface area contributed by atoms with Crippen LogP contribution in [-0.2, 0) is 6.54 Å². The predicted octanol–water partition coefficient (Wildman–Crippen LogP) is 2.64. The van der Waals surface area contributed by atoms with Crippen molar-refractivity contribution >= 4 is 0 Å². The van der Waals surface area contributed by atoms with Crippen LogP contribution in [0.1, 0.15) is 23.6 Å². The smallest absolute Gasteiger partial charge is 0.0449 e. The summed E-state index contributed by atoms with van der Waals surface area (Å²) in [7, 11) is 2.08. The van der Waals surface area contributed by atoms with E-state index in [4.69, 9.17) is 0 Å². The Morgan fingerprint density at radius 1 is 1.16 bits per heavy atom. The average molecular weight is 256 g/mol. The molecule has 1 atom stereocenters. The van der Waals surface area contributed by atoms with E-state index in [1.54, 1.807) is 6.20 Å². The lowest BCUT2D eigenvalue weighted by atomic mass is 10.0. The summed E-state index contributed by atoms with van der Waals surface area (Å²) in [5.41, 5.74) is 2.42. The lowest BCUT2D eigenvalue weighted by Crippen LogP contribution is -2.25. The Bertz CT molecular complexity index is 473. The quantitative estimate of drug-likeness (QED) is 0.863. The van der Waals surface area contributed by atoms with Gasteiger partial charge in [-0.25, -0.2) is 0 Å². The van der Waals surface area contributed by atoms with Crippen LogP contribution in [0, 0.1) is 0 Å². The van der Waals surface area contributed by atoms with E-state index in [2.05, 4.69) is 35.1 Å². The average Bonchev–Trinajstić information content (AvgIpc) is 2.46. The van der Waals surface area contributed by atoms with Crippen LogP contribution in [0.25, 0.3) is 0 Å². The number of nitrogens with zero attached hydrogens (tertiary/aromatic N) is 2. The lowest BCUT2D eigenvalue weighted by molar-refractivity contribution is 0.180. The first-order valence-corrected chi connectivity index (χ1v) is 6.56. The molecule has 1 aromatic carbocycles. The molecule has 0 spiro atoms. The number of aliphatic hydroxyl groups is 1. The molecule has 1 aromatic heterocycles. The molecule has 0 aliphatic rings. The van der Waals surface area contributed by atoms with Crippen molar-refractivity contribution < 1.29 is 5.11 Å². The Morgan fingerprint density at radius 3 is 2.58 bits per heavy atom. The molecule has 0 amide bonds. The van der Waals surface area contributed by atoms with Gasteiger partial charge >= 0.3 is 0 Å². The summed E-state index contributed by atoms with van der Waals surface area (Å²) in [6.45, 7) is 1.02. The fourth-order valence-corrected chi connectivity index (χ4v) is 2.33. The molecule has 100 valence electrons. The van der Waals surface area contributed by atoms with Crippen LogP contribution in [0.15, 0.2) is 54.9 Å². The molecule has 2 rings (SSSR count). The van der Waals surface area contributed by atoms with Gasteiger partial charge in [0, 0.05) is 31.6 Å². The molecule has 3 nitrogen and oxygen atoms in total. The normalized spacial score (nSPS) is 12.6. The molecule has 0 radical (unpaired) electrons. The SMILES string of the molecule is CN(Cc1cccnc1)[C@@H](CCO)c1ccccc1. The van der Waals surface area contributed by atoms with Crippen molar-refractivity contribution in [2.45, 2.75) is 19.0 Å². The summed E-state index contributed by atoms with van der Waals surface area (Å²) in [4.78, 5) is 6.39. The van der Waals surface area contributed by atoms with Crippen LogP contribution < -0.4 is 0 Å². The molecule has 19 heavy (non-hydrogen) atoms. The topological polar surface area (TPSA) is 36.4 Å². The molecule has 0 aliphatic heterocycles. The highest BCUT2D eigenvalue weighted by atomic mass is 16.3. The van der Waals surface area contributed by atoms with Gasteiger partial charge in [0.2, 0.25) is 0 Å². The molecule has 0 unspecified atom stereocenters. The van der Waals surface area contributed by atoms with Crippen LogP contribution in [0.3, 0.4) is 0 Å². The summed E-state index contributed by atoms with van der Waals surface area (Å²) >= 11 is 0. The molecule has 0 saturated heterocycles. The van der Waals surface area contributed by atoms with Crippen molar-refractivity contribution in [3.8, 4) is 0 Å². The summed E-state index contributed by atoms with van der Waals surface area (Å²) in [6.07, 6.45) is 4.41. The number of pyridine rings is 1. The maximum atomic E-state index is 9.27. The van der Waals surface area contributed by atoms with Gasteiger partial charge in [0.05, 0.1) is 0 Å². The zero-order chi connectivity index (χ0) is 13.5. The van der Waals surface area contributed by atoms with E-state index in [1.165, 1.54) is 11.1 Å². The zero-order valence-corrected chi connectivity index (χ0v) is 11.2. The Kier molecular flexibility index (Phi) is 5.07. The Balaban J connectivity index is 2.11. The van der Waals surface area contributed by atoms with Gasteiger partial charge in [0.25, 0.3) is 0 Å². The number of benzene rings is 1. The number of aliphatic hydroxyl groups excluding tert-OH is 1. The van der Waals surface area contributed by atoms with E-state index in [-0.39, 0.29) is 12.6 Å². The van der Waals surface area contributed by atoms with Crippen molar-refractivity contribution in [1.29, 1.82) is 0 Å². The molecule has 1 heterocycles. The largest absolute Gasteiger partial charge is 0.396 e. The van der Waals surface area contributed by atoms with E-state index < -0.39 is 0 Å². The fraction of sp³-hybridized carbons (Fsp3) is 0.312. The Hall–Kier alpha value is -1.71. The van der Waals surface area contributed by atoms with Crippen molar-refractivity contribution in [3.05, 3.63) is 66.0 Å². The summed E-state index contributed by atoms with van der Waals surface area (Å²) in [6, 6.07) is 14.6. The third-order valence-electron chi connectivity index (χ3n) is 3.27. The molecule has 3 heteroatoms. The first-order chi connectivity index (χ1) is 9.31. The second-order valence-corrected chi connectivity index (χ2v) is 4.72. The van der Waals surface area contributed by atoms with Crippen LogP contribution >= 0.6 is 0 Å². The van der Waals surface area contributed by atoms with E-state index in [9.17, 15) is 5.11 Å². The number of hydrogen-bond donors (Lipinski definition) is 1. The van der Waals surface area contributed by atoms with Crippen molar-refractivity contribution in [2.75, 3.05) is 13.7 Å². The third-order valence-corrected chi connectivity index (χ3v) is 3.27. The Labute approximate surface area is 114 Å². The predicted molar refractivity (Wildman–Crippen MR) is 76.6 cm³/mol. The van der Waals surface area contributed by atoms with Gasteiger partial charge < -0.3 is 5.11 Å². The summed E-state index contributed by atoms with van der Waals surface area (Å²) in [5.74, 6) is 0. The first-order valence-electron chi connectivity index (χ1n) is 6.56. The van der Waals surface area contributed by atoms with E-state index in [0.29, 0.717) is 0 Å². The molecular formula is C16H20N2O. The highest BCUT2D eigenvalue weighted by Gasteiger charge is 2.16. The minimum atomic E-state index is 0.191. The van der Waals surface area contributed by atoms with Gasteiger partial charge in [-0.2, -0.15) is 0 Å². The van der Waals surface area contributed by atoms with Gasteiger partial charge in [-0.05, 0) is 30.7 Å². The number of rotatable bonds is 6. The van der Waals surface area contributed by atoms with Gasteiger partial charge in [-0.15, -0.1) is 0 Å². The summed E-state index contributed by atoms with van der Waals surface area (Å²) in [5, 5.41) is 9.27. The van der Waals surface area contributed by atoms with Crippen molar-refractivity contribution in [1.82, 2.24) is 9.88 Å². The van der Waals surface area contributed by atoms with Crippen molar-refractivity contribution in [3.63, 3.8) is 0 Å². The molecule has 0 saturated carbocycles. The molecule has 0 bridgehead atoms. The van der Waals surface area contributed by atoms with Gasteiger partial charge in [-0.1, -0.05) is 36.4 Å². The highest BCUT2D eigenvalue weighted by molar-refractivity contribution is 5.19. The van der Waals surface area contributed by atoms with Gasteiger partial charge in [-0.3, -0.25) is 9.88 Å². The monoisotopic (exact) mass is 256 g/mol. The number of hydrogen-bond acceptors (Lipinski definition) is 3. The minimum Gasteiger partial charge on any atom is -0.396 e. The lowest BCUT2D eigenvalue weighted by Gasteiger charge is -2.28. The molecule has 2 aromatic rings. The standard InChI is InChI=1S/C16H20N2O/c1-18(13-14-6-5-10-17-12-14)16(9-11-19)15-7-3-2-4-8-15/h2-8,10,12,16,19H,9,11,13H2,1H3/t16-/m0/s1. The van der Waals surface area contributed by atoms with Gasteiger partial charge in [0.15, 0.2) is 0 Å². The molecule has 0 aliphatic carbocycles. The molecular weight excluding hydrogens is 236 g/mol. The van der Waals surface area contributed by atoms with Crippen LogP contribution in [0.5, 0.6) is 0 Å². The second kappa shape index (κ2) is 7.02. The molecule has 1 N–H and O–H groups in total. The van der Waals surface area contributed by atoms with E-state index in [1.807, 2.05) is 30.5 Å². The van der Waals surface area contributed by atoms with E-state index >= 15 is 0 Å². The summed E-state index contributed by atoms with van der Waals surface area (Å²) < 4.78 is 0. The zero-order valence-electron chi connectivity index (χ0n) is 11.2. The Morgan fingerprint density at radius 2 is 1.95 bits per heavy atom. The van der Waals surface area contributed by atoms with Gasteiger partial charge in [0.1, 0.15) is 0 Å². The fourth-order valence-electron chi connectivity index (χ4n) is 2.33. The first kappa shape index (κ1) is 13.7. The van der Waals surface area contributed by atoms with Crippen LogP contribution in [0.2, 0.25) is 0 Å².